The van der Waals surface area contributed by atoms with E-state index in [1.165, 1.54) is 30.7 Å². The van der Waals surface area contributed by atoms with Crippen LogP contribution in [0.2, 0.25) is 5.02 Å². The molecular weight excluding hydrogens is 466 g/mol. The van der Waals surface area contributed by atoms with Crippen LogP contribution in [-0.2, 0) is 14.8 Å². The summed E-state index contributed by atoms with van der Waals surface area (Å²) in [6.45, 7) is 1.95. The van der Waals surface area contributed by atoms with Gasteiger partial charge in [-0.05, 0) is 36.4 Å². The smallest absolute Gasteiger partial charge is 0.263 e. The molecule has 1 unspecified atom stereocenters. The highest BCUT2D eigenvalue weighted by Crippen LogP contribution is 2.26. The van der Waals surface area contributed by atoms with Gasteiger partial charge in [0.05, 0.1) is 4.90 Å². The number of amides is 1. The van der Waals surface area contributed by atoms with Crippen molar-refractivity contribution < 1.29 is 19.7 Å². The fourth-order valence-corrected chi connectivity index (χ4v) is 4.82. The molecule has 1 fully saturated rings. The number of anilines is 2. The maximum Gasteiger partial charge on any atom is 0.263 e. The van der Waals surface area contributed by atoms with Crippen molar-refractivity contribution >= 4 is 39.0 Å². The summed E-state index contributed by atoms with van der Waals surface area (Å²) >= 11 is 6.10. The van der Waals surface area contributed by atoms with Gasteiger partial charge >= 0.3 is 0 Å². The quantitative estimate of drug-likeness (QED) is 0.546. The molecular formula is C22H24ClN5O4S. The molecule has 4 rings (SSSR count). The van der Waals surface area contributed by atoms with Crippen molar-refractivity contribution in [1.29, 1.82) is 0 Å². The van der Waals surface area contributed by atoms with E-state index in [9.17, 15) is 18.3 Å². The van der Waals surface area contributed by atoms with E-state index in [1.807, 2.05) is 0 Å². The molecule has 1 aliphatic heterocycles. The summed E-state index contributed by atoms with van der Waals surface area (Å²) in [6, 6.07) is 14.7. The molecule has 1 aromatic heterocycles. The number of aliphatic hydroxyl groups is 1. The summed E-state index contributed by atoms with van der Waals surface area (Å²) in [5, 5.41) is 10.8. The molecule has 0 saturated carbocycles. The Kier molecular flexibility index (Phi) is 6.77. The normalized spacial score (nSPS) is 15.2. The number of hydrogen-bond acceptors (Lipinski definition) is 7. The minimum absolute atomic E-state index is 0. The van der Waals surface area contributed by atoms with Crippen LogP contribution in [0.25, 0.3) is 0 Å². The zero-order valence-electron chi connectivity index (χ0n) is 17.5. The monoisotopic (exact) mass is 489 g/mol. The van der Waals surface area contributed by atoms with E-state index in [-0.39, 0.29) is 18.0 Å². The Bertz CT molecular complexity index is 1220. The van der Waals surface area contributed by atoms with E-state index in [1.54, 1.807) is 41.3 Å². The average molecular weight is 490 g/mol. The number of benzene rings is 2. The number of aromatic nitrogens is 2. The summed E-state index contributed by atoms with van der Waals surface area (Å²) in [7, 11) is -3.77. The first-order chi connectivity index (χ1) is 15.8. The summed E-state index contributed by atoms with van der Waals surface area (Å²) < 4.78 is 27.5. The highest BCUT2D eigenvalue weighted by Gasteiger charge is 2.28. The van der Waals surface area contributed by atoms with E-state index in [2.05, 4.69) is 19.6 Å². The first-order valence-corrected chi connectivity index (χ1v) is 12.1. The van der Waals surface area contributed by atoms with E-state index in [4.69, 9.17) is 11.6 Å². The second-order valence-electron chi connectivity index (χ2n) is 7.43. The molecule has 1 aliphatic rings. The minimum atomic E-state index is -3.77. The first-order valence-electron chi connectivity index (χ1n) is 10.2. The van der Waals surface area contributed by atoms with Crippen molar-refractivity contribution in [3.63, 3.8) is 0 Å². The molecule has 0 bridgehead atoms. The SMILES string of the molecule is O=C(C(O)c1ccccc1Cl)N1CCN(c2ccc(S(=O)(=O)Nc3ccncn3)cc2)CC1.[HH]. The van der Waals surface area contributed by atoms with Crippen molar-refractivity contribution in [1.82, 2.24) is 14.9 Å². The van der Waals surface area contributed by atoms with Gasteiger partial charge in [0, 0.05) is 50.1 Å². The minimum Gasteiger partial charge on any atom is -0.378 e. The Morgan fingerprint density at radius 3 is 2.39 bits per heavy atom. The molecule has 2 aromatic carbocycles. The van der Waals surface area contributed by atoms with Crippen LogP contribution in [0.15, 0.2) is 72.0 Å². The lowest BCUT2D eigenvalue weighted by Crippen LogP contribution is -2.50. The zero-order valence-corrected chi connectivity index (χ0v) is 19.1. The largest absolute Gasteiger partial charge is 0.378 e. The predicted molar refractivity (Wildman–Crippen MR) is 127 cm³/mol. The molecule has 1 amide bonds. The number of sulfonamides is 1. The molecule has 1 atom stereocenters. The maximum absolute atomic E-state index is 12.7. The molecule has 11 heteroatoms. The van der Waals surface area contributed by atoms with Crippen molar-refractivity contribution in [2.45, 2.75) is 11.0 Å². The second-order valence-corrected chi connectivity index (χ2v) is 9.52. The van der Waals surface area contributed by atoms with Crippen molar-refractivity contribution in [2.75, 3.05) is 35.8 Å². The van der Waals surface area contributed by atoms with Crippen LogP contribution >= 0.6 is 11.6 Å². The fraction of sp³-hybridized carbons (Fsp3) is 0.227. The number of nitrogens with one attached hydrogen (secondary N) is 1. The molecule has 33 heavy (non-hydrogen) atoms. The zero-order chi connectivity index (χ0) is 23.4. The van der Waals surface area contributed by atoms with Crippen molar-refractivity contribution in [3.05, 3.63) is 77.7 Å². The van der Waals surface area contributed by atoms with Crippen LogP contribution in [0.4, 0.5) is 11.5 Å². The van der Waals surface area contributed by atoms with E-state index >= 15 is 0 Å². The Morgan fingerprint density at radius 1 is 1.06 bits per heavy atom. The predicted octanol–water partition coefficient (Wildman–Crippen LogP) is 2.56. The van der Waals surface area contributed by atoms with Gasteiger partial charge in [0.2, 0.25) is 0 Å². The van der Waals surface area contributed by atoms with Gasteiger partial charge in [-0.2, -0.15) is 0 Å². The standard InChI is InChI=1S/C22H22ClN5O4S.H2/c23-19-4-2-1-3-18(19)21(29)22(30)28-13-11-27(12-14-28)16-5-7-17(8-6-16)33(31,32)26-20-9-10-24-15-25-20;/h1-10,15,21,29H,11-14H2,(H,24,25,26);1H. The number of carbonyl (C=O) groups is 1. The Labute approximate surface area is 198 Å². The lowest BCUT2D eigenvalue weighted by atomic mass is 10.1. The van der Waals surface area contributed by atoms with E-state index < -0.39 is 16.1 Å². The van der Waals surface area contributed by atoms with Gasteiger partial charge in [0.1, 0.15) is 12.1 Å². The number of halogens is 1. The molecule has 0 aliphatic carbocycles. The average Bonchev–Trinajstić information content (AvgIpc) is 2.84. The molecule has 3 aromatic rings. The summed E-state index contributed by atoms with van der Waals surface area (Å²) in [5.74, 6) is -0.200. The third-order valence-corrected chi connectivity index (χ3v) is 7.07. The number of rotatable bonds is 6. The van der Waals surface area contributed by atoms with Crippen LogP contribution in [0.3, 0.4) is 0 Å². The van der Waals surface area contributed by atoms with Crippen molar-refractivity contribution in [3.8, 4) is 0 Å². The van der Waals surface area contributed by atoms with Gasteiger partial charge < -0.3 is 14.9 Å². The number of carbonyl (C=O) groups excluding carboxylic acids is 1. The molecule has 0 spiro atoms. The van der Waals surface area contributed by atoms with Gasteiger partial charge in [-0.3, -0.25) is 9.52 Å². The summed E-state index contributed by atoms with van der Waals surface area (Å²) in [6.07, 6.45) is 1.40. The van der Waals surface area contributed by atoms with Crippen LogP contribution in [0, 0.1) is 0 Å². The van der Waals surface area contributed by atoms with Gasteiger partial charge in [0.25, 0.3) is 15.9 Å². The van der Waals surface area contributed by atoms with Crippen LogP contribution < -0.4 is 9.62 Å². The highest BCUT2D eigenvalue weighted by molar-refractivity contribution is 7.92. The lowest BCUT2D eigenvalue weighted by molar-refractivity contribution is -0.140. The van der Waals surface area contributed by atoms with Crippen molar-refractivity contribution in [2.24, 2.45) is 0 Å². The van der Waals surface area contributed by atoms with Gasteiger partial charge in [-0.1, -0.05) is 29.8 Å². The number of hydrogen-bond donors (Lipinski definition) is 2. The third-order valence-electron chi connectivity index (χ3n) is 5.36. The lowest BCUT2D eigenvalue weighted by Gasteiger charge is -2.37. The molecule has 2 N–H and O–H groups in total. The second kappa shape index (κ2) is 9.74. The number of piperazine rings is 1. The molecule has 9 nitrogen and oxygen atoms in total. The third kappa shape index (κ3) is 5.24. The topological polar surface area (TPSA) is 116 Å². The van der Waals surface area contributed by atoms with Crippen LogP contribution in [-0.4, -0.2) is 60.5 Å². The Hall–Kier alpha value is -3.21. The van der Waals surface area contributed by atoms with Crippen LogP contribution in [0.1, 0.15) is 13.1 Å². The maximum atomic E-state index is 12.7. The number of aliphatic hydroxyl groups excluding tert-OH is 1. The fourth-order valence-electron chi connectivity index (χ4n) is 3.57. The Balaban J connectivity index is 0.00000324. The van der Waals surface area contributed by atoms with Gasteiger partial charge in [0.15, 0.2) is 6.10 Å². The summed E-state index contributed by atoms with van der Waals surface area (Å²) in [5.41, 5.74) is 1.23. The number of nitrogens with zero attached hydrogens (tertiary/aromatic N) is 4. The highest BCUT2D eigenvalue weighted by atomic mass is 35.5. The van der Waals surface area contributed by atoms with Gasteiger partial charge in [-0.15, -0.1) is 0 Å². The molecule has 2 heterocycles. The Morgan fingerprint density at radius 2 is 1.76 bits per heavy atom. The van der Waals surface area contributed by atoms with E-state index in [0.717, 1.165) is 5.69 Å². The molecule has 1 saturated heterocycles. The molecule has 174 valence electrons. The van der Waals surface area contributed by atoms with Gasteiger partial charge in [-0.25, -0.2) is 18.4 Å². The first kappa shape index (κ1) is 23.0. The van der Waals surface area contributed by atoms with E-state index in [0.29, 0.717) is 36.8 Å². The van der Waals surface area contributed by atoms with Crippen LogP contribution in [0.5, 0.6) is 0 Å². The molecule has 0 radical (unpaired) electrons. The summed E-state index contributed by atoms with van der Waals surface area (Å²) in [4.78, 5) is 24.1.